The van der Waals surface area contributed by atoms with Gasteiger partial charge >= 0.3 is 5.97 Å². The molecule has 0 saturated carbocycles. The lowest BCUT2D eigenvalue weighted by molar-refractivity contribution is -0.133. The van der Waals surface area contributed by atoms with E-state index in [9.17, 15) is 9.59 Å². The van der Waals surface area contributed by atoms with E-state index in [4.69, 9.17) is 5.11 Å². The Balaban J connectivity index is 1.71. The third kappa shape index (κ3) is 2.90. The second-order valence-electron chi connectivity index (χ2n) is 5.08. The van der Waals surface area contributed by atoms with E-state index in [-0.39, 0.29) is 17.4 Å². The summed E-state index contributed by atoms with van der Waals surface area (Å²) in [6.45, 7) is 1.29. The lowest BCUT2D eigenvalue weighted by Crippen LogP contribution is -2.37. The predicted octanol–water partition coefficient (Wildman–Crippen LogP) is 1.87. The average molecular weight is 304 g/mol. The van der Waals surface area contributed by atoms with E-state index in [0.717, 1.165) is 23.7 Å². The first-order valence-electron chi connectivity index (χ1n) is 6.81. The molecule has 2 heterocycles. The molecule has 0 spiro atoms. The van der Waals surface area contributed by atoms with Gasteiger partial charge in [-0.25, -0.2) is 0 Å². The Hall–Kier alpha value is -1.95. The zero-order chi connectivity index (χ0) is 14.8. The van der Waals surface area contributed by atoms with Crippen LogP contribution in [0.4, 0.5) is 0 Å². The van der Waals surface area contributed by atoms with Gasteiger partial charge in [-0.3, -0.25) is 9.59 Å². The van der Waals surface area contributed by atoms with Gasteiger partial charge in [-0.1, -0.05) is 18.2 Å². The first-order valence-corrected chi connectivity index (χ1v) is 7.96. The summed E-state index contributed by atoms with van der Waals surface area (Å²) in [5.41, 5.74) is 3.50. The highest BCUT2D eigenvalue weighted by Gasteiger charge is 2.23. The third-order valence-corrected chi connectivity index (χ3v) is 4.59. The molecule has 1 aromatic carbocycles. The van der Waals surface area contributed by atoms with Crippen LogP contribution in [0.5, 0.6) is 0 Å². The number of carbonyl (C=O) groups is 2. The topological polar surface area (TPSA) is 73.4 Å². The van der Waals surface area contributed by atoms with Crippen molar-refractivity contribution in [3.63, 3.8) is 0 Å². The summed E-state index contributed by atoms with van der Waals surface area (Å²) >= 11 is 1.15. The fraction of sp³-hybridized carbons (Fsp3) is 0.333. The number of carbonyl (C=O) groups excluding carboxylic acids is 1. The average Bonchev–Trinajstić information content (AvgIpc) is 2.84. The number of para-hydroxylation sites is 1. The Labute approximate surface area is 126 Å². The van der Waals surface area contributed by atoms with E-state index < -0.39 is 5.97 Å². The van der Waals surface area contributed by atoms with Gasteiger partial charge < -0.3 is 15.0 Å². The van der Waals surface area contributed by atoms with Gasteiger partial charge in [0, 0.05) is 41.7 Å². The quantitative estimate of drug-likeness (QED) is 0.904. The standard InChI is InChI=1S/C15H16N2O3S/c18-14(8-21-9-15(19)20)17-6-5-13-11(7-17)10-3-1-2-4-12(10)16-13/h1-4,16H,5-9H2,(H,19,20). The van der Waals surface area contributed by atoms with Crippen molar-refractivity contribution in [3.8, 4) is 0 Å². The Morgan fingerprint density at radius 2 is 2.10 bits per heavy atom. The molecule has 6 heteroatoms. The number of aliphatic carboxylic acids is 1. The minimum Gasteiger partial charge on any atom is -0.481 e. The van der Waals surface area contributed by atoms with Crippen LogP contribution in [0.15, 0.2) is 24.3 Å². The van der Waals surface area contributed by atoms with E-state index in [1.54, 1.807) is 0 Å². The van der Waals surface area contributed by atoms with Gasteiger partial charge in [0.2, 0.25) is 5.91 Å². The fourth-order valence-corrected chi connectivity index (χ4v) is 3.33. The minimum absolute atomic E-state index is 0.0113. The maximum absolute atomic E-state index is 12.1. The summed E-state index contributed by atoms with van der Waals surface area (Å²) in [6.07, 6.45) is 0.819. The Morgan fingerprint density at radius 1 is 1.29 bits per heavy atom. The Kier molecular flexibility index (Phi) is 3.88. The van der Waals surface area contributed by atoms with Gasteiger partial charge in [0.25, 0.3) is 0 Å². The van der Waals surface area contributed by atoms with Gasteiger partial charge in [-0.2, -0.15) is 0 Å². The summed E-state index contributed by atoms with van der Waals surface area (Å²) in [6, 6.07) is 8.11. The molecule has 0 fully saturated rings. The normalized spacial score (nSPS) is 14.2. The molecule has 0 radical (unpaired) electrons. The number of benzene rings is 1. The second kappa shape index (κ2) is 5.81. The van der Waals surface area contributed by atoms with Crippen LogP contribution in [0.2, 0.25) is 0 Å². The van der Waals surface area contributed by atoms with E-state index in [2.05, 4.69) is 11.1 Å². The first-order chi connectivity index (χ1) is 10.1. The van der Waals surface area contributed by atoms with Crippen molar-refractivity contribution in [2.75, 3.05) is 18.1 Å². The van der Waals surface area contributed by atoms with Crippen LogP contribution in [-0.4, -0.2) is 44.9 Å². The van der Waals surface area contributed by atoms with Gasteiger partial charge in [0.15, 0.2) is 0 Å². The fourth-order valence-electron chi connectivity index (χ4n) is 2.70. The summed E-state index contributed by atoms with van der Waals surface area (Å²) < 4.78 is 0. The number of thioether (sulfide) groups is 1. The molecule has 0 unspecified atom stereocenters. The van der Waals surface area contributed by atoms with E-state index in [1.807, 2.05) is 23.1 Å². The van der Waals surface area contributed by atoms with Gasteiger partial charge in [0.1, 0.15) is 0 Å². The van der Waals surface area contributed by atoms with Crippen LogP contribution in [0.1, 0.15) is 11.3 Å². The van der Waals surface area contributed by atoms with E-state index >= 15 is 0 Å². The lowest BCUT2D eigenvalue weighted by atomic mass is 10.0. The molecule has 21 heavy (non-hydrogen) atoms. The number of aromatic nitrogens is 1. The van der Waals surface area contributed by atoms with Crippen LogP contribution in [-0.2, 0) is 22.6 Å². The first kappa shape index (κ1) is 14.0. The lowest BCUT2D eigenvalue weighted by Gasteiger charge is -2.27. The van der Waals surface area contributed by atoms with Crippen molar-refractivity contribution in [2.24, 2.45) is 0 Å². The van der Waals surface area contributed by atoms with Crippen molar-refractivity contribution in [1.82, 2.24) is 9.88 Å². The number of nitrogens with zero attached hydrogens (tertiary/aromatic N) is 1. The predicted molar refractivity (Wildman–Crippen MR) is 82.4 cm³/mol. The number of carboxylic acids is 1. The molecule has 1 amide bonds. The van der Waals surface area contributed by atoms with Crippen LogP contribution < -0.4 is 0 Å². The number of aromatic amines is 1. The molecule has 3 rings (SSSR count). The van der Waals surface area contributed by atoms with Crippen LogP contribution in [0.25, 0.3) is 10.9 Å². The molecule has 1 aliphatic heterocycles. The van der Waals surface area contributed by atoms with E-state index in [0.29, 0.717) is 13.1 Å². The molecule has 5 nitrogen and oxygen atoms in total. The Morgan fingerprint density at radius 3 is 2.90 bits per heavy atom. The van der Waals surface area contributed by atoms with Crippen molar-refractivity contribution >= 4 is 34.5 Å². The molecule has 0 saturated heterocycles. The van der Waals surface area contributed by atoms with Crippen LogP contribution >= 0.6 is 11.8 Å². The number of hydrogen-bond acceptors (Lipinski definition) is 3. The number of carboxylic acid groups (broad SMARTS) is 1. The SMILES string of the molecule is O=C(O)CSCC(=O)N1CCc2[nH]c3ccccc3c2C1. The molecule has 0 bridgehead atoms. The maximum atomic E-state index is 12.1. The number of hydrogen-bond donors (Lipinski definition) is 2. The second-order valence-corrected chi connectivity index (χ2v) is 6.07. The number of rotatable bonds is 4. The smallest absolute Gasteiger partial charge is 0.313 e. The summed E-state index contributed by atoms with van der Waals surface area (Å²) in [5.74, 6) is -0.676. The monoisotopic (exact) mass is 304 g/mol. The van der Waals surface area contributed by atoms with Gasteiger partial charge in [-0.15, -0.1) is 11.8 Å². The van der Waals surface area contributed by atoms with Crippen LogP contribution in [0.3, 0.4) is 0 Å². The van der Waals surface area contributed by atoms with Crippen molar-refractivity contribution < 1.29 is 14.7 Å². The number of amides is 1. The molecule has 2 aromatic rings. The highest BCUT2D eigenvalue weighted by Crippen LogP contribution is 2.27. The highest BCUT2D eigenvalue weighted by atomic mass is 32.2. The molecular formula is C15H16N2O3S. The Bertz CT molecular complexity index is 695. The zero-order valence-electron chi connectivity index (χ0n) is 11.5. The molecule has 1 aromatic heterocycles. The molecular weight excluding hydrogens is 288 g/mol. The number of nitrogens with one attached hydrogen (secondary N) is 1. The van der Waals surface area contributed by atoms with Gasteiger partial charge in [0.05, 0.1) is 11.5 Å². The zero-order valence-corrected chi connectivity index (χ0v) is 12.3. The van der Waals surface area contributed by atoms with Gasteiger partial charge in [-0.05, 0) is 6.07 Å². The van der Waals surface area contributed by atoms with Crippen LogP contribution in [0, 0.1) is 0 Å². The highest BCUT2D eigenvalue weighted by molar-refractivity contribution is 8.00. The maximum Gasteiger partial charge on any atom is 0.313 e. The molecule has 0 aliphatic carbocycles. The number of fused-ring (bicyclic) bond motifs is 3. The summed E-state index contributed by atoms with van der Waals surface area (Å²) in [5, 5.41) is 9.78. The van der Waals surface area contributed by atoms with Crippen molar-refractivity contribution in [2.45, 2.75) is 13.0 Å². The number of H-pyrrole nitrogens is 1. The molecule has 0 atom stereocenters. The van der Waals surface area contributed by atoms with Crippen molar-refractivity contribution in [3.05, 3.63) is 35.5 Å². The van der Waals surface area contributed by atoms with E-state index in [1.165, 1.54) is 16.6 Å². The summed E-state index contributed by atoms with van der Waals surface area (Å²) in [4.78, 5) is 27.9. The largest absolute Gasteiger partial charge is 0.481 e. The molecule has 1 aliphatic rings. The minimum atomic E-state index is -0.884. The third-order valence-electron chi connectivity index (χ3n) is 3.69. The summed E-state index contributed by atoms with van der Waals surface area (Å²) in [7, 11) is 0. The molecule has 110 valence electrons. The molecule has 2 N–H and O–H groups in total. The van der Waals surface area contributed by atoms with Crippen molar-refractivity contribution in [1.29, 1.82) is 0 Å².